The molecule has 1 N–H and O–H groups in total. The van der Waals surface area contributed by atoms with Gasteiger partial charge in [-0.1, -0.05) is 0 Å². The van der Waals surface area contributed by atoms with Gasteiger partial charge in [-0.15, -0.1) is 0 Å². The summed E-state index contributed by atoms with van der Waals surface area (Å²) in [5.74, 6) is -0.0214. The summed E-state index contributed by atoms with van der Waals surface area (Å²) in [5, 5.41) is 9.37. The fourth-order valence-corrected chi connectivity index (χ4v) is 2.20. The monoisotopic (exact) mass is 284 g/mol. The number of aliphatic hydroxyl groups is 1. The molecule has 2 heterocycles. The maximum absolute atomic E-state index is 12.1. The van der Waals surface area contributed by atoms with Crippen molar-refractivity contribution in [2.45, 2.75) is 18.9 Å². The van der Waals surface area contributed by atoms with Crippen molar-refractivity contribution in [3.05, 3.63) is 28.5 Å². The lowest BCUT2D eigenvalue weighted by molar-refractivity contribution is 0.0545. The smallest absolute Gasteiger partial charge is 0.256 e. The van der Waals surface area contributed by atoms with Crippen molar-refractivity contribution in [2.24, 2.45) is 0 Å². The van der Waals surface area contributed by atoms with Gasteiger partial charge in [0.05, 0.1) is 11.7 Å². The summed E-state index contributed by atoms with van der Waals surface area (Å²) in [5.41, 5.74) is 0.582. The van der Waals surface area contributed by atoms with E-state index in [0.29, 0.717) is 36.1 Å². The lowest BCUT2D eigenvalue weighted by atomic mass is 10.1. The quantitative estimate of drug-likeness (QED) is 0.794. The fraction of sp³-hybridized carbons (Fsp3) is 0.455. The van der Waals surface area contributed by atoms with Gasteiger partial charge in [-0.3, -0.25) is 4.79 Å². The second-order valence-electron chi connectivity index (χ2n) is 3.87. The average Bonchev–Trinajstić information content (AvgIpc) is 2.30. The predicted molar refractivity (Wildman–Crippen MR) is 63.1 cm³/mol. The number of carbonyl (C=O) groups is 1. The van der Waals surface area contributed by atoms with Gasteiger partial charge in [0.1, 0.15) is 4.60 Å². The van der Waals surface area contributed by atoms with E-state index in [9.17, 15) is 9.90 Å². The average molecular weight is 285 g/mol. The topological polar surface area (TPSA) is 53.4 Å². The van der Waals surface area contributed by atoms with Crippen LogP contribution >= 0.6 is 15.9 Å². The molecule has 1 aliphatic rings. The third kappa shape index (κ3) is 2.41. The Morgan fingerprint density at radius 1 is 1.50 bits per heavy atom. The minimum atomic E-state index is -0.263. The van der Waals surface area contributed by atoms with Crippen molar-refractivity contribution in [1.82, 2.24) is 9.88 Å². The molecule has 5 heteroatoms. The van der Waals surface area contributed by atoms with Crippen LogP contribution < -0.4 is 0 Å². The van der Waals surface area contributed by atoms with Gasteiger partial charge in [-0.25, -0.2) is 4.98 Å². The number of carbonyl (C=O) groups excluding carboxylic acids is 1. The van der Waals surface area contributed by atoms with E-state index in [4.69, 9.17) is 0 Å². The van der Waals surface area contributed by atoms with Crippen molar-refractivity contribution in [1.29, 1.82) is 0 Å². The minimum Gasteiger partial charge on any atom is -0.393 e. The maximum atomic E-state index is 12.1. The van der Waals surface area contributed by atoms with Crippen LogP contribution in [-0.2, 0) is 0 Å². The van der Waals surface area contributed by atoms with Gasteiger partial charge in [0.25, 0.3) is 5.91 Å². The zero-order chi connectivity index (χ0) is 11.5. The molecule has 1 aliphatic heterocycles. The first-order chi connectivity index (χ1) is 7.68. The van der Waals surface area contributed by atoms with E-state index in [1.165, 1.54) is 0 Å². The Morgan fingerprint density at radius 2 is 2.19 bits per heavy atom. The Balaban J connectivity index is 2.11. The van der Waals surface area contributed by atoms with Crippen LogP contribution in [0.1, 0.15) is 23.2 Å². The maximum Gasteiger partial charge on any atom is 0.256 e. The highest BCUT2D eigenvalue weighted by molar-refractivity contribution is 9.10. The van der Waals surface area contributed by atoms with Crippen molar-refractivity contribution < 1.29 is 9.90 Å². The molecule has 4 nitrogen and oxygen atoms in total. The van der Waals surface area contributed by atoms with Gasteiger partial charge in [0, 0.05) is 19.3 Å². The molecule has 1 fully saturated rings. The van der Waals surface area contributed by atoms with Crippen LogP contribution in [0.4, 0.5) is 0 Å². The summed E-state index contributed by atoms with van der Waals surface area (Å²) >= 11 is 3.27. The van der Waals surface area contributed by atoms with Crippen LogP contribution in [0, 0.1) is 0 Å². The normalized spacial score (nSPS) is 17.5. The van der Waals surface area contributed by atoms with Gasteiger partial charge >= 0.3 is 0 Å². The first-order valence-corrected chi connectivity index (χ1v) is 6.05. The molecule has 0 spiro atoms. The number of rotatable bonds is 1. The third-order valence-corrected chi connectivity index (χ3v) is 3.37. The molecule has 0 saturated carbocycles. The first-order valence-electron chi connectivity index (χ1n) is 5.26. The second-order valence-corrected chi connectivity index (χ2v) is 4.62. The highest BCUT2D eigenvalue weighted by atomic mass is 79.9. The zero-order valence-corrected chi connectivity index (χ0v) is 10.4. The molecule has 1 aromatic rings. The van der Waals surface area contributed by atoms with E-state index in [-0.39, 0.29) is 12.0 Å². The second kappa shape index (κ2) is 4.93. The van der Waals surface area contributed by atoms with Gasteiger partial charge in [-0.05, 0) is 40.9 Å². The van der Waals surface area contributed by atoms with E-state index < -0.39 is 0 Å². The molecule has 86 valence electrons. The molecule has 1 amide bonds. The number of hydrogen-bond acceptors (Lipinski definition) is 3. The number of aromatic nitrogens is 1. The number of hydrogen-bond donors (Lipinski definition) is 1. The molecule has 0 atom stereocenters. The highest BCUT2D eigenvalue weighted by Gasteiger charge is 2.23. The van der Waals surface area contributed by atoms with E-state index >= 15 is 0 Å². The number of piperidine rings is 1. The molecule has 0 aromatic carbocycles. The SMILES string of the molecule is O=C(c1cccnc1Br)N1CCC(O)CC1. The number of nitrogens with zero attached hydrogens (tertiary/aromatic N) is 2. The van der Waals surface area contributed by atoms with Crippen LogP contribution in [0.5, 0.6) is 0 Å². The van der Waals surface area contributed by atoms with Crippen molar-refractivity contribution in [3.8, 4) is 0 Å². The summed E-state index contributed by atoms with van der Waals surface area (Å²) in [6.45, 7) is 1.22. The Hall–Kier alpha value is -0.940. The summed E-state index contributed by atoms with van der Waals surface area (Å²) in [4.78, 5) is 17.9. The van der Waals surface area contributed by atoms with Crippen LogP contribution in [0.3, 0.4) is 0 Å². The Bertz CT molecular complexity index is 389. The van der Waals surface area contributed by atoms with E-state index in [2.05, 4.69) is 20.9 Å². The molecule has 16 heavy (non-hydrogen) atoms. The Labute approximate surface area is 102 Å². The summed E-state index contributed by atoms with van der Waals surface area (Å²) in [7, 11) is 0. The molecule has 2 rings (SSSR count). The van der Waals surface area contributed by atoms with Gasteiger partial charge in [0.2, 0.25) is 0 Å². The van der Waals surface area contributed by atoms with Gasteiger partial charge in [0.15, 0.2) is 0 Å². The molecular formula is C11H13BrN2O2. The zero-order valence-electron chi connectivity index (χ0n) is 8.77. The number of aliphatic hydroxyl groups excluding tert-OH is 1. The minimum absolute atomic E-state index is 0.0214. The lowest BCUT2D eigenvalue weighted by Crippen LogP contribution is -2.40. The Morgan fingerprint density at radius 3 is 2.81 bits per heavy atom. The van der Waals surface area contributed by atoms with Crippen molar-refractivity contribution in [2.75, 3.05) is 13.1 Å². The van der Waals surface area contributed by atoms with Crippen LogP contribution in [-0.4, -0.2) is 40.1 Å². The molecule has 0 bridgehead atoms. The van der Waals surface area contributed by atoms with E-state index in [1.54, 1.807) is 23.2 Å². The van der Waals surface area contributed by atoms with Crippen LogP contribution in [0.2, 0.25) is 0 Å². The number of halogens is 1. The standard InChI is InChI=1S/C11H13BrN2O2/c12-10-9(2-1-5-13-10)11(16)14-6-3-8(15)4-7-14/h1-2,5,8,15H,3-4,6-7H2. The lowest BCUT2D eigenvalue weighted by Gasteiger charge is -2.29. The molecule has 0 aliphatic carbocycles. The molecule has 0 unspecified atom stereocenters. The van der Waals surface area contributed by atoms with Gasteiger partial charge in [-0.2, -0.15) is 0 Å². The number of pyridine rings is 1. The number of likely N-dealkylation sites (tertiary alicyclic amines) is 1. The molecule has 1 aromatic heterocycles. The summed E-state index contributed by atoms with van der Waals surface area (Å²) in [6.07, 6.45) is 2.69. The first kappa shape index (κ1) is 11.5. The summed E-state index contributed by atoms with van der Waals surface area (Å²) in [6, 6.07) is 3.50. The third-order valence-electron chi connectivity index (χ3n) is 2.74. The van der Waals surface area contributed by atoms with Crippen molar-refractivity contribution in [3.63, 3.8) is 0 Å². The van der Waals surface area contributed by atoms with E-state index in [0.717, 1.165) is 0 Å². The van der Waals surface area contributed by atoms with E-state index in [1.807, 2.05) is 0 Å². The van der Waals surface area contributed by atoms with Crippen molar-refractivity contribution >= 4 is 21.8 Å². The molecule has 1 saturated heterocycles. The predicted octanol–water partition coefficient (Wildman–Crippen LogP) is 1.44. The van der Waals surface area contributed by atoms with Gasteiger partial charge < -0.3 is 10.0 Å². The Kier molecular flexibility index (Phi) is 3.56. The van der Waals surface area contributed by atoms with Crippen LogP contribution in [0.25, 0.3) is 0 Å². The molecular weight excluding hydrogens is 272 g/mol. The van der Waals surface area contributed by atoms with Crippen LogP contribution in [0.15, 0.2) is 22.9 Å². The largest absolute Gasteiger partial charge is 0.393 e. The summed E-state index contributed by atoms with van der Waals surface area (Å²) < 4.78 is 0.575. The number of amides is 1. The highest BCUT2D eigenvalue weighted by Crippen LogP contribution is 2.18. The molecule has 0 radical (unpaired) electrons. The fourth-order valence-electron chi connectivity index (χ4n) is 1.78.